The standard InChI is InChI=1S/C24H29N5OS/c1-2-19-9-5-6-12-22(19)29-18-26-27-24(29)31-17-23(30)25-15-20-10-3-4-11-21(20)16-28-13-7-8-14-28/h3-6,9-12,18H,2,7-8,13-17H2,1H3,(H,25,30). The summed E-state index contributed by atoms with van der Waals surface area (Å²) in [5.41, 5.74) is 4.78. The van der Waals surface area contributed by atoms with Gasteiger partial charge in [0, 0.05) is 13.1 Å². The molecular formula is C24H29N5OS. The zero-order chi connectivity index (χ0) is 21.5. The van der Waals surface area contributed by atoms with Crippen molar-refractivity contribution in [2.75, 3.05) is 18.8 Å². The third-order valence-electron chi connectivity index (χ3n) is 5.67. The molecule has 2 aromatic carbocycles. The molecule has 1 saturated heterocycles. The van der Waals surface area contributed by atoms with Gasteiger partial charge in [0.25, 0.3) is 0 Å². The van der Waals surface area contributed by atoms with Crippen LogP contribution in [0.4, 0.5) is 0 Å². The summed E-state index contributed by atoms with van der Waals surface area (Å²) >= 11 is 1.41. The van der Waals surface area contributed by atoms with Crippen molar-refractivity contribution in [2.45, 2.75) is 44.4 Å². The van der Waals surface area contributed by atoms with Crippen molar-refractivity contribution in [3.63, 3.8) is 0 Å². The Bertz CT molecular complexity index is 1010. The van der Waals surface area contributed by atoms with Gasteiger partial charge in [0.05, 0.1) is 11.4 Å². The molecule has 0 saturated carbocycles. The van der Waals surface area contributed by atoms with E-state index < -0.39 is 0 Å². The van der Waals surface area contributed by atoms with Crippen molar-refractivity contribution < 1.29 is 4.79 Å². The van der Waals surface area contributed by atoms with Crippen LogP contribution in [-0.2, 0) is 24.3 Å². The Balaban J connectivity index is 1.34. The van der Waals surface area contributed by atoms with E-state index >= 15 is 0 Å². The quantitative estimate of drug-likeness (QED) is 0.518. The maximum Gasteiger partial charge on any atom is 0.230 e. The zero-order valence-electron chi connectivity index (χ0n) is 18.0. The number of aromatic nitrogens is 3. The number of nitrogens with zero attached hydrogens (tertiary/aromatic N) is 4. The molecule has 1 fully saturated rings. The van der Waals surface area contributed by atoms with Gasteiger partial charge in [0.15, 0.2) is 5.16 Å². The van der Waals surface area contributed by atoms with Gasteiger partial charge in [0.1, 0.15) is 6.33 Å². The van der Waals surface area contributed by atoms with E-state index in [9.17, 15) is 4.79 Å². The third kappa shape index (κ3) is 5.54. The van der Waals surface area contributed by atoms with Gasteiger partial charge in [-0.25, -0.2) is 0 Å². The SMILES string of the molecule is CCc1ccccc1-n1cnnc1SCC(=O)NCc1ccccc1CN1CCCC1. The van der Waals surface area contributed by atoms with Crippen LogP contribution in [0.25, 0.3) is 5.69 Å². The fourth-order valence-corrected chi connectivity index (χ4v) is 4.73. The highest BCUT2D eigenvalue weighted by atomic mass is 32.2. The topological polar surface area (TPSA) is 63.1 Å². The Labute approximate surface area is 188 Å². The Morgan fingerprint density at radius 2 is 1.74 bits per heavy atom. The molecule has 31 heavy (non-hydrogen) atoms. The van der Waals surface area contributed by atoms with Gasteiger partial charge < -0.3 is 5.32 Å². The molecule has 1 aliphatic rings. The van der Waals surface area contributed by atoms with E-state index in [2.05, 4.69) is 57.7 Å². The van der Waals surface area contributed by atoms with Gasteiger partial charge in [-0.2, -0.15) is 0 Å². The van der Waals surface area contributed by atoms with E-state index in [1.165, 1.54) is 54.4 Å². The van der Waals surface area contributed by atoms with Crippen LogP contribution in [0, 0.1) is 0 Å². The Morgan fingerprint density at radius 1 is 1.03 bits per heavy atom. The van der Waals surface area contributed by atoms with Crippen LogP contribution in [-0.4, -0.2) is 44.4 Å². The molecule has 0 atom stereocenters. The van der Waals surface area contributed by atoms with Crippen LogP contribution in [0.1, 0.15) is 36.5 Å². The fourth-order valence-electron chi connectivity index (χ4n) is 3.97. The third-order valence-corrected chi connectivity index (χ3v) is 6.61. The maximum absolute atomic E-state index is 12.5. The predicted molar refractivity (Wildman–Crippen MR) is 124 cm³/mol. The largest absolute Gasteiger partial charge is 0.351 e. The van der Waals surface area contributed by atoms with Crippen LogP contribution in [0.5, 0.6) is 0 Å². The van der Waals surface area contributed by atoms with Crippen molar-refractivity contribution >= 4 is 17.7 Å². The van der Waals surface area contributed by atoms with Crippen LogP contribution in [0.15, 0.2) is 60.0 Å². The molecule has 1 aromatic heterocycles. The highest BCUT2D eigenvalue weighted by Gasteiger charge is 2.15. The summed E-state index contributed by atoms with van der Waals surface area (Å²) in [7, 11) is 0. The fraction of sp³-hybridized carbons (Fsp3) is 0.375. The lowest BCUT2D eigenvalue weighted by molar-refractivity contribution is -0.118. The first-order valence-electron chi connectivity index (χ1n) is 10.9. The van der Waals surface area contributed by atoms with Gasteiger partial charge in [-0.15, -0.1) is 10.2 Å². The predicted octanol–water partition coefficient (Wildman–Crippen LogP) is 3.83. The number of carbonyl (C=O) groups excluding carboxylic acids is 1. The first-order chi connectivity index (χ1) is 15.2. The van der Waals surface area contributed by atoms with Crippen molar-refractivity contribution in [1.29, 1.82) is 0 Å². The average molecular weight is 436 g/mol. The van der Waals surface area contributed by atoms with Gasteiger partial charge in [-0.3, -0.25) is 14.3 Å². The van der Waals surface area contributed by atoms with Crippen LogP contribution < -0.4 is 5.32 Å². The van der Waals surface area contributed by atoms with Gasteiger partial charge in [-0.1, -0.05) is 61.2 Å². The molecule has 4 rings (SSSR count). The molecule has 0 bridgehead atoms. The average Bonchev–Trinajstić information content (AvgIpc) is 3.49. The molecule has 1 amide bonds. The van der Waals surface area contributed by atoms with E-state index in [-0.39, 0.29) is 5.91 Å². The molecule has 2 heterocycles. The van der Waals surface area contributed by atoms with Crippen molar-refractivity contribution in [3.05, 3.63) is 71.5 Å². The van der Waals surface area contributed by atoms with E-state index in [0.29, 0.717) is 12.3 Å². The number of thioether (sulfide) groups is 1. The minimum Gasteiger partial charge on any atom is -0.351 e. The molecule has 0 spiro atoms. The van der Waals surface area contributed by atoms with Gasteiger partial charge >= 0.3 is 0 Å². The minimum atomic E-state index is -0.000646. The smallest absolute Gasteiger partial charge is 0.230 e. The maximum atomic E-state index is 12.5. The molecular weight excluding hydrogens is 406 g/mol. The molecule has 6 nitrogen and oxygen atoms in total. The summed E-state index contributed by atoms with van der Waals surface area (Å²) in [4.78, 5) is 15.0. The summed E-state index contributed by atoms with van der Waals surface area (Å²) < 4.78 is 1.96. The lowest BCUT2D eigenvalue weighted by Crippen LogP contribution is -2.26. The summed E-state index contributed by atoms with van der Waals surface area (Å²) in [6.07, 6.45) is 5.20. The Kier molecular flexibility index (Phi) is 7.38. The molecule has 7 heteroatoms. The van der Waals surface area contributed by atoms with E-state index in [4.69, 9.17) is 0 Å². The molecule has 0 unspecified atom stereocenters. The van der Waals surface area contributed by atoms with Gasteiger partial charge in [0.2, 0.25) is 5.91 Å². The van der Waals surface area contributed by atoms with Crippen molar-refractivity contribution in [1.82, 2.24) is 25.0 Å². The zero-order valence-corrected chi connectivity index (χ0v) is 18.8. The Morgan fingerprint density at radius 3 is 2.52 bits per heavy atom. The number of rotatable bonds is 9. The monoisotopic (exact) mass is 435 g/mol. The van der Waals surface area contributed by atoms with E-state index in [0.717, 1.165) is 23.8 Å². The summed E-state index contributed by atoms with van der Waals surface area (Å²) in [6.45, 7) is 5.97. The number of hydrogen-bond acceptors (Lipinski definition) is 5. The number of nitrogens with one attached hydrogen (secondary N) is 1. The molecule has 3 aromatic rings. The molecule has 1 aliphatic heterocycles. The van der Waals surface area contributed by atoms with Crippen LogP contribution in [0.2, 0.25) is 0 Å². The van der Waals surface area contributed by atoms with Gasteiger partial charge in [-0.05, 0) is 55.1 Å². The second-order valence-corrected chi connectivity index (χ2v) is 8.73. The minimum absolute atomic E-state index is 0.000646. The second-order valence-electron chi connectivity index (χ2n) is 7.78. The molecule has 1 N–H and O–H groups in total. The molecule has 0 aliphatic carbocycles. The molecule has 162 valence electrons. The highest BCUT2D eigenvalue weighted by Crippen LogP contribution is 2.22. The number of hydrogen-bond donors (Lipinski definition) is 1. The normalized spacial score (nSPS) is 14.1. The van der Waals surface area contributed by atoms with Crippen molar-refractivity contribution in [3.8, 4) is 5.69 Å². The number of amides is 1. The van der Waals surface area contributed by atoms with E-state index in [1.54, 1.807) is 6.33 Å². The first-order valence-corrected chi connectivity index (χ1v) is 11.9. The summed E-state index contributed by atoms with van der Waals surface area (Å²) in [6, 6.07) is 16.6. The second kappa shape index (κ2) is 10.6. The Hall–Kier alpha value is -2.64. The first kappa shape index (κ1) is 21.6. The summed E-state index contributed by atoms with van der Waals surface area (Å²) in [5.74, 6) is 0.306. The number of aryl methyl sites for hydroxylation is 1. The lowest BCUT2D eigenvalue weighted by Gasteiger charge is -2.17. The number of likely N-dealkylation sites (tertiary alicyclic amines) is 1. The number of benzene rings is 2. The highest BCUT2D eigenvalue weighted by molar-refractivity contribution is 7.99. The van der Waals surface area contributed by atoms with E-state index in [1.807, 2.05) is 22.8 Å². The summed E-state index contributed by atoms with van der Waals surface area (Å²) in [5, 5.41) is 12.1. The number of carbonyl (C=O) groups is 1. The number of para-hydroxylation sites is 1. The molecule has 0 radical (unpaired) electrons. The van der Waals surface area contributed by atoms with Crippen molar-refractivity contribution in [2.24, 2.45) is 0 Å². The van der Waals surface area contributed by atoms with Crippen LogP contribution >= 0.6 is 11.8 Å². The lowest BCUT2D eigenvalue weighted by atomic mass is 10.1. The van der Waals surface area contributed by atoms with Crippen LogP contribution in [0.3, 0.4) is 0 Å².